The number of Topliss-reactive ketones (excluding diaryl/α,β-unsaturated/α-hetero) is 1. The van der Waals surface area contributed by atoms with Gasteiger partial charge in [0, 0.05) is 35.1 Å². The minimum atomic E-state index is 0.230. The second-order valence-electron chi connectivity index (χ2n) is 4.91. The topological polar surface area (TPSA) is 22.0 Å². The van der Waals surface area contributed by atoms with E-state index in [1.807, 2.05) is 12.1 Å². The van der Waals surface area contributed by atoms with Crippen molar-refractivity contribution >= 4 is 16.7 Å². The number of aromatic nitrogens is 1. The summed E-state index contributed by atoms with van der Waals surface area (Å²) >= 11 is 0. The third-order valence-electron chi connectivity index (χ3n) is 4.07. The standard InChI is InChI=1S/C15H17NO/c1-3-10-8-9-13-14(15(10)17)11-6-4-5-7-12(11)16(13)2/h4-7,10H,3,8-9H2,1-2H3. The molecule has 0 spiro atoms. The highest BCUT2D eigenvalue weighted by molar-refractivity contribution is 6.11. The highest BCUT2D eigenvalue weighted by atomic mass is 16.1. The van der Waals surface area contributed by atoms with Crippen LogP contribution in [0.5, 0.6) is 0 Å². The number of aryl methyl sites for hydroxylation is 1. The van der Waals surface area contributed by atoms with Gasteiger partial charge >= 0.3 is 0 Å². The fourth-order valence-corrected chi connectivity index (χ4v) is 3.05. The van der Waals surface area contributed by atoms with E-state index in [-0.39, 0.29) is 5.92 Å². The smallest absolute Gasteiger partial charge is 0.168 e. The average Bonchev–Trinajstić information content (AvgIpc) is 2.65. The molecule has 2 aromatic rings. The monoisotopic (exact) mass is 227 g/mol. The maximum Gasteiger partial charge on any atom is 0.168 e. The van der Waals surface area contributed by atoms with Crippen LogP contribution in [0.15, 0.2) is 24.3 Å². The quantitative estimate of drug-likeness (QED) is 0.732. The summed E-state index contributed by atoms with van der Waals surface area (Å²) < 4.78 is 2.19. The minimum absolute atomic E-state index is 0.230. The number of rotatable bonds is 1. The van der Waals surface area contributed by atoms with Gasteiger partial charge in [-0.2, -0.15) is 0 Å². The average molecular weight is 227 g/mol. The van der Waals surface area contributed by atoms with Crippen molar-refractivity contribution in [2.24, 2.45) is 13.0 Å². The van der Waals surface area contributed by atoms with Gasteiger partial charge < -0.3 is 4.57 Å². The zero-order chi connectivity index (χ0) is 12.0. The Hall–Kier alpha value is -1.57. The van der Waals surface area contributed by atoms with E-state index in [9.17, 15) is 4.79 Å². The Balaban J connectivity index is 2.31. The number of hydrogen-bond acceptors (Lipinski definition) is 1. The van der Waals surface area contributed by atoms with Crippen LogP contribution in [0.4, 0.5) is 0 Å². The van der Waals surface area contributed by atoms with E-state index >= 15 is 0 Å². The van der Waals surface area contributed by atoms with Crippen molar-refractivity contribution in [3.8, 4) is 0 Å². The summed E-state index contributed by atoms with van der Waals surface area (Å²) in [7, 11) is 2.07. The number of benzene rings is 1. The first kappa shape index (κ1) is 10.6. The van der Waals surface area contributed by atoms with Crippen LogP contribution in [0.2, 0.25) is 0 Å². The molecule has 0 fully saturated rings. The van der Waals surface area contributed by atoms with E-state index in [2.05, 4.69) is 30.7 Å². The van der Waals surface area contributed by atoms with Crippen LogP contribution in [0.25, 0.3) is 10.9 Å². The minimum Gasteiger partial charge on any atom is -0.347 e. The Morgan fingerprint density at radius 1 is 1.35 bits per heavy atom. The number of para-hydroxylation sites is 1. The van der Waals surface area contributed by atoms with Gasteiger partial charge in [0.2, 0.25) is 0 Å². The molecule has 1 atom stereocenters. The van der Waals surface area contributed by atoms with E-state index in [0.29, 0.717) is 5.78 Å². The van der Waals surface area contributed by atoms with E-state index in [0.717, 1.165) is 30.2 Å². The van der Waals surface area contributed by atoms with E-state index in [4.69, 9.17) is 0 Å². The highest BCUT2D eigenvalue weighted by Gasteiger charge is 2.30. The Morgan fingerprint density at radius 2 is 2.12 bits per heavy atom. The van der Waals surface area contributed by atoms with Gasteiger partial charge in [-0.25, -0.2) is 0 Å². The molecule has 88 valence electrons. The molecule has 3 rings (SSSR count). The molecule has 1 aromatic heterocycles. The number of fused-ring (bicyclic) bond motifs is 3. The fourth-order valence-electron chi connectivity index (χ4n) is 3.05. The SMILES string of the molecule is CCC1CCc2c(c3ccccc3n2C)C1=O. The number of ketones is 1. The van der Waals surface area contributed by atoms with Crippen LogP contribution in [-0.4, -0.2) is 10.4 Å². The molecule has 2 heteroatoms. The lowest BCUT2D eigenvalue weighted by atomic mass is 9.83. The maximum absolute atomic E-state index is 12.5. The van der Waals surface area contributed by atoms with Gasteiger partial charge in [-0.3, -0.25) is 4.79 Å². The second-order valence-corrected chi connectivity index (χ2v) is 4.91. The molecule has 0 bridgehead atoms. The maximum atomic E-state index is 12.5. The van der Waals surface area contributed by atoms with Crippen molar-refractivity contribution in [2.45, 2.75) is 26.2 Å². The number of nitrogens with zero attached hydrogens (tertiary/aromatic N) is 1. The van der Waals surface area contributed by atoms with Crippen molar-refractivity contribution < 1.29 is 4.79 Å². The van der Waals surface area contributed by atoms with Gasteiger partial charge in [0.25, 0.3) is 0 Å². The third kappa shape index (κ3) is 1.36. The lowest BCUT2D eigenvalue weighted by molar-refractivity contribution is 0.0899. The summed E-state index contributed by atoms with van der Waals surface area (Å²) in [6.45, 7) is 2.11. The first-order chi connectivity index (χ1) is 8.24. The van der Waals surface area contributed by atoms with Crippen molar-refractivity contribution in [1.29, 1.82) is 0 Å². The first-order valence-electron chi connectivity index (χ1n) is 6.34. The summed E-state index contributed by atoms with van der Waals surface area (Å²) in [5.74, 6) is 0.582. The Kier molecular flexibility index (Phi) is 2.32. The number of carbonyl (C=O) groups is 1. The molecule has 0 radical (unpaired) electrons. The normalized spacial score (nSPS) is 19.6. The van der Waals surface area contributed by atoms with E-state index in [1.54, 1.807) is 0 Å². The largest absolute Gasteiger partial charge is 0.347 e. The molecule has 1 unspecified atom stereocenters. The van der Waals surface area contributed by atoms with Crippen molar-refractivity contribution in [2.75, 3.05) is 0 Å². The molecular formula is C15H17NO. The molecule has 2 nitrogen and oxygen atoms in total. The first-order valence-corrected chi connectivity index (χ1v) is 6.34. The molecule has 1 heterocycles. The van der Waals surface area contributed by atoms with Crippen LogP contribution in [0, 0.1) is 5.92 Å². The van der Waals surface area contributed by atoms with Crippen LogP contribution in [0.3, 0.4) is 0 Å². The summed E-state index contributed by atoms with van der Waals surface area (Å²) in [4.78, 5) is 12.5. The molecule has 1 aliphatic rings. The molecule has 1 aliphatic carbocycles. The predicted molar refractivity (Wildman–Crippen MR) is 69.4 cm³/mol. The Labute approximate surface area is 101 Å². The Morgan fingerprint density at radius 3 is 2.88 bits per heavy atom. The van der Waals surface area contributed by atoms with Crippen molar-refractivity contribution in [3.05, 3.63) is 35.5 Å². The van der Waals surface area contributed by atoms with Gasteiger partial charge in [-0.1, -0.05) is 25.1 Å². The van der Waals surface area contributed by atoms with E-state index in [1.165, 1.54) is 11.2 Å². The second kappa shape index (κ2) is 3.73. The summed E-state index contributed by atoms with van der Waals surface area (Å²) in [6, 6.07) is 8.23. The predicted octanol–water partition coefficient (Wildman–Crippen LogP) is 3.33. The van der Waals surface area contributed by atoms with Crippen LogP contribution >= 0.6 is 0 Å². The molecule has 17 heavy (non-hydrogen) atoms. The van der Waals surface area contributed by atoms with Gasteiger partial charge in [-0.05, 0) is 25.3 Å². The van der Waals surface area contributed by atoms with E-state index < -0.39 is 0 Å². The molecule has 0 amide bonds. The van der Waals surface area contributed by atoms with Gasteiger partial charge in [0.05, 0.1) is 0 Å². The van der Waals surface area contributed by atoms with Gasteiger partial charge in [0.1, 0.15) is 0 Å². The van der Waals surface area contributed by atoms with Gasteiger partial charge in [-0.15, -0.1) is 0 Å². The molecule has 0 N–H and O–H groups in total. The summed E-state index contributed by atoms with van der Waals surface area (Å²) in [6.07, 6.45) is 3.00. The molecule has 0 saturated heterocycles. The van der Waals surface area contributed by atoms with Crippen LogP contribution in [-0.2, 0) is 13.5 Å². The number of hydrogen-bond donors (Lipinski definition) is 0. The molecular weight excluding hydrogens is 210 g/mol. The number of carbonyl (C=O) groups excluding carboxylic acids is 1. The fraction of sp³-hybridized carbons (Fsp3) is 0.400. The summed E-state index contributed by atoms with van der Waals surface area (Å²) in [5.41, 5.74) is 3.39. The molecule has 0 aliphatic heterocycles. The zero-order valence-corrected chi connectivity index (χ0v) is 10.4. The molecule has 1 aromatic carbocycles. The summed E-state index contributed by atoms with van der Waals surface area (Å²) in [5, 5.41) is 1.13. The van der Waals surface area contributed by atoms with Gasteiger partial charge in [0.15, 0.2) is 5.78 Å². The Bertz CT molecular complexity index is 594. The van der Waals surface area contributed by atoms with Crippen molar-refractivity contribution in [3.63, 3.8) is 0 Å². The van der Waals surface area contributed by atoms with Crippen LogP contribution < -0.4 is 0 Å². The third-order valence-corrected chi connectivity index (χ3v) is 4.07. The molecule has 0 saturated carbocycles. The van der Waals surface area contributed by atoms with Crippen molar-refractivity contribution in [1.82, 2.24) is 4.57 Å². The highest BCUT2D eigenvalue weighted by Crippen LogP contribution is 2.34. The zero-order valence-electron chi connectivity index (χ0n) is 10.4. The lowest BCUT2D eigenvalue weighted by Crippen LogP contribution is -2.22. The van der Waals surface area contributed by atoms with Crippen LogP contribution in [0.1, 0.15) is 35.8 Å². The lowest BCUT2D eigenvalue weighted by Gasteiger charge is -2.20.